The number of carbonyl (C=O) groups excluding carboxylic acids is 2. The van der Waals surface area contributed by atoms with Crippen molar-refractivity contribution in [3.8, 4) is 11.5 Å². The van der Waals surface area contributed by atoms with E-state index in [1.54, 1.807) is 24.7 Å². The van der Waals surface area contributed by atoms with Gasteiger partial charge in [-0.1, -0.05) is 0 Å². The molecule has 0 N–H and O–H groups in total. The van der Waals surface area contributed by atoms with E-state index in [4.69, 9.17) is 13.9 Å². The molecule has 1 saturated heterocycles. The first kappa shape index (κ1) is 23.1. The lowest BCUT2D eigenvalue weighted by Gasteiger charge is -2.60. The van der Waals surface area contributed by atoms with Gasteiger partial charge in [0.2, 0.25) is 5.91 Å². The van der Waals surface area contributed by atoms with Gasteiger partial charge in [-0.25, -0.2) is 0 Å². The summed E-state index contributed by atoms with van der Waals surface area (Å²) in [5, 5.41) is 0. The van der Waals surface area contributed by atoms with Crippen molar-refractivity contribution < 1.29 is 23.5 Å². The van der Waals surface area contributed by atoms with Gasteiger partial charge in [0.15, 0.2) is 0 Å². The second-order valence-electron chi connectivity index (χ2n) is 11.6. The highest BCUT2D eigenvalue weighted by atomic mass is 16.5. The fourth-order valence-electron chi connectivity index (χ4n) is 7.92. The summed E-state index contributed by atoms with van der Waals surface area (Å²) in [7, 11) is 1.91. The molecule has 5 atom stereocenters. The number of piperidine rings is 1. The average molecular weight is 503 g/mol. The van der Waals surface area contributed by atoms with E-state index < -0.39 is 0 Å². The quantitative estimate of drug-likeness (QED) is 0.335. The Morgan fingerprint density at radius 1 is 1.22 bits per heavy atom. The van der Waals surface area contributed by atoms with Crippen LogP contribution in [0, 0.1) is 11.8 Å². The van der Waals surface area contributed by atoms with Crippen LogP contribution in [0.1, 0.15) is 55.7 Å². The molecule has 37 heavy (non-hydrogen) atoms. The summed E-state index contributed by atoms with van der Waals surface area (Å²) >= 11 is 0. The van der Waals surface area contributed by atoms with Gasteiger partial charge in [0.1, 0.15) is 17.6 Å². The van der Waals surface area contributed by atoms with E-state index in [2.05, 4.69) is 4.90 Å². The normalized spacial score (nSPS) is 31.6. The highest BCUT2D eigenvalue weighted by Gasteiger charge is 2.66. The largest absolute Gasteiger partial charge is 0.487 e. The van der Waals surface area contributed by atoms with E-state index in [0.29, 0.717) is 17.7 Å². The summed E-state index contributed by atoms with van der Waals surface area (Å²) in [4.78, 5) is 29.9. The highest BCUT2D eigenvalue weighted by molar-refractivity contribution is 5.91. The van der Waals surface area contributed by atoms with E-state index in [0.717, 1.165) is 55.0 Å². The molecule has 3 heterocycles. The van der Waals surface area contributed by atoms with Gasteiger partial charge in [-0.3, -0.25) is 14.5 Å². The molecular formula is C30H34N2O5. The second kappa shape index (κ2) is 8.48. The molecule has 2 aromatic rings. The molecule has 3 fully saturated rings. The molecule has 1 aromatic heterocycles. The number of ether oxygens (including phenoxy) is 2. The van der Waals surface area contributed by atoms with Gasteiger partial charge in [0.25, 0.3) is 0 Å². The molecule has 2 saturated carbocycles. The van der Waals surface area contributed by atoms with Crippen molar-refractivity contribution in [2.45, 2.75) is 69.1 Å². The molecule has 5 aliphatic rings. The first-order valence-electron chi connectivity index (χ1n) is 13.7. The first-order valence-corrected chi connectivity index (χ1v) is 13.7. The van der Waals surface area contributed by atoms with Crippen molar-refractivity contribution in [1.82, 2.24) is 9.80 Å². The summed E-state index contributed by atoms with van der Waals surface area (Å²) in [5.74, 6) is 2.58. The molecule has 1 spiro atoms. The zero-order valence-electron chi connectivity index (χ0n) is 21.5. The fraction of sp³-hybridized carbons (Fsp3) is 0.533. The third-order valence-corrected chi connectivity index (χ3v) is 9.65. The molecule has 2 bridgehead atoms. The maximum Gasteiger partial charge on any atom is 0.308 e. The van der Waals surface area contributed by atoms with Crippen LogP contribution in [0.2, 0.25) is 0 Å². The third kappa shape index (κ3) is 3.57. The van der Waals surface area contributed by atoms with Crippen LogP contribution in [0.5, 0.6) is 11.5 Å². The molecule has 194 valence electrons. The summed E-state index contributed by atoms with van der Waals surface area (Å²) in [6.07, 6.45) is 13.1. The van der Waals surface area contributed by atoms with Crippen LogP contribution >= 0.6 is 0 Å². The Bertz CT molecular complexity index is 1270. The smallest absolute Gasteiger partial charge is 0.308 e. The van der Waals surface area contributed by atoms with Gasteiger partial charge in [0, 0.05) is 54.7 Å². The van der Waals surface area contributed by atoms with Gasteiger partial charge < -0.3 is 18.8 Å². The van der Waals surface area contributed by atoms with Crippen molar-refractivity contribution in [2.24, 2.45) is 11.8 Å². The van der Waals surface area contributed by atoms with E-state index in [-0.39, 0.29) is 29.4 Å². The van der Waals surface area contributed by atoms with Crippen LogP contribution in [-0.2, 0) is 21.4 Å². The number of likely N-dealkylation sites (N-methyl/N-ethyl adjacent to an activating group) is 1. The van der Waals surface area contributed by atoms with Crippen LogP contribution in [0.25, 0.3) is 6.08 Å². The van der Waals surface area contributed by atoms with Gasteiger partial charge in [-0.15, -0.1) is 0 Å². The van der Waals surface area contributed by atoms with Crippen LogP contribution in [-0.4, -0.2) is 60.0 Å². The lowest BCUT2D eigenvalue weighted by atomic mass is 9.51. The van der Waals surface area contributed by atoms with Gasteiger partial charge in [-0.2, -0.15) is 0 Å². The maximum absolute atomic E-state index is 13.3. The Labute approximate surface area is 217 Å². The standard InChI is InChI=1S/C30H34N2O5/c1-18(33)36-25-8-9-26-28-21(25)15-24-22-6-7-23(31(2)27(34)10-5-20-11-14-35-17-20)29(37-26)30(22,28)12-13-32(24)16-19-3-4-19/h5,8-11,14,17,19,22-24,29H,3-4,6-7,12-13,15-16H2,1-2H3/b10-5+/t22-,23+,24+,29-,30-/m0/s1. The van der Waals surface area contributed by atoms with Crippen molar-refractivity contribution in [3.63, 3.8) is 0 Å². The number of furan rings is 1. The van der Waals surface area contributed by atoms with E-state index >= 15 is 0 Å². The molecule has 7 nitrogen and oxygen atoms in total. The fourth-order valence-corrected chi connectivity index (χ4v) is 7.92. The van der Waals surface area contributed by atoms with Crippen molar-refractivity contribution in [1.29, 1.82) is 0 Å². The Morgan fingerprint density at radius 3 is 2.84 bits per heavy atom. The number of rotatable bonds is 6. The molecular weight excluding hydrogens is 468 g/mol. The summed E-state index contributed by atoms with van der Waals surface area (Å²) in [6, 6.07) is 6.12. The minimum Gasteiger partial charge on any atom is -0.487 e. The third-order valence-electron chi connectivity index (χ3n) is 9.65. The Hall–Kier alpha value is -3.06. The van der Waals surface area contributed by atoms with E-state index in [1.165, 1.54) is 31.9 Å². The molecule has 7 heteroatoms. The average Bonchev–Trinajstić information content (AvgIpc) is 3.41. The first-order chi connectivity index (χ1) is 18.0. The second-order valence-corrected chi connectivity index (χ2v) is 11.6. The number of hydrogen-bond acceptors (Lipinski definition) is 6. The van der Waals surface area contributed by atoms with Crippen LogP contribution in [0.15, 0.2) is 41.2 Å². The number of nitrogens with zero attached hydrogens (tertiary/aromatic N) is 2. The highest BCUT2D eigenvalue weighted by Crippen LogP contribution is 2.64. The van der Waals surface area contributed by atoms with Gasteiger partial charge in [0.05, 0.1) is 18.6 Å². The Kier molecular flexibility index (Phi) is 5.29. The minimum absolute atomic E-state index is 0.0242. The SMILES string of the molecule is CC(=O)Oc1ccc2c3c1C[C@@H]1[C@@H]4CC[C@@H](N(C)C(=O)/C=C/c5ccoc5)[C@H](O2)[C@]34CCN1CC1CC1. The lowest BCUT2D eigenvalue weighted by Crippen LogP contribution is -2.69. The van der Waals surface area contributed by atoms with Gasteiger partial charge in [-0.05, 0) is 81.2 Å². The van der Waals surface area contributed by atoms with Crippen molar-refractivity contribution in [2.75, 3.05) is 20.1 Å². The van der Waals surface area contributed by atoms with E-state index in [9.17, 15) is 9.59 Å². The molecule has 1 aromatic carbocycles. The molecule has 3 aliphatic carbocycles. The lowest BCUT2D eigenvalue weighted by molar-refractivity contribution is -0.135. The van der Waals surface area contributed by atoms with Gasteiger partial charge >= 0.3 is 5.97 Å². The zero-order chi connectivity index (χ0) is 25.3. The molecule has 0 unspecified atom stereocenters. The van der Waals surface area contributed by atoms with Crippen molar-refractivity contribution in [3.05, 3.63) is 53.5 Å². The summed E-state index contributed by atoms with van der Waals surface area (Å²) in [6.45, 7) is 3.69. The number of hydrogen-bond donors (Lipinski definition) is 0. The number of carbonyl (C=O) groups is 2. The number of amides is 1. The van der Waals surface area contributed by atoms with Crippen LogP contribution in [0.3, 0.4) is 0 Å². The zero-order valence-corrected chi connectivity index (χ0v) is 21.5. The Morgan fingerprint density at radius 2 is 2.08 bits per heavy atom. The molecule has 7 rings (SSSR count). The Balaban J connectivity index is 1.26. The number of benzene rings is 1. The maximum atomic E-state index is 13.3. The van der Waals surface area contributed by atoms with Crippen LogP contribution < -0.4 is 9.47 Å². The van der Waals surface area contributed by atoms with Crippen molar-refractivity contribution >= 4 is 18.0 Å². The predicted molar refractivity (Wildman–Crippen MR) is 137 cm³/mol. The molecule has 0 radical (unpaired) electrons. The number of esters is 1. The number of likely N-dealkylation sites (tertiary alicyclic amines) is 1. The minimum atomic E-state index is -0.289. The molecule has 1 amide bonds. The van der Waals surface area contributed by atoms with E-state index in [1.807, 2.05) is 30.1 Å². The summed E-state index contributed by atoms with van der Waals surface area (Å²) < 4.78 is 17.7. The molecule has 2 aliphatic heterocycles. The van der Waals surface area contributed by atoms with Crippen LogP contribution in [0.4, 0.5) is 0 Å². The summed E-state index contributed by atoms with van der Waals surface area (Å²) in [5.41, 5.74) is 3.11. The topological polar surface area (TPSA) is 72.2 Å². The monoisotopic (exact) mass is 502 g/mol. The predicted octanol–water partition coefficient (Wildman–Crippen LogP) is 4.19.